The predicted octanol–water partition coefficient (Wildman–Crippen LogP) is 5.52. The Hall–Kier alpha value is -3.58. The highest BCUT2D eigenvalue weighted by molar-refractivity contribution is 9.10. The largest absolute Gasteiger partial charge is 0.356 e. The zero-order chi connectivity index (χ0) is 23.3. The number of hydrogen-bond donors (Lipinski definition) is 2. The normalized spacial score (nSPS) is 11.9. The van der Waals surface area contributed by atoms with Gasteiger partial charge in [-0.3, -0.25) is 0 Å². The molecule has 0 radical (unpaired) electrons. The van der Waals surface area contributed by atoms with Crippen LogP contribution in [-0.4, -0.2) is 19.3 Å². The summed E-state index contributed by atoms with van der Waals surface area (Å²) in [7, 11) is 0. The van der Waals surface area contributed by atoms with Gasteiger partial charge in [-0.15, -0.1) is 0 Å². The number of hydrogen-bond acceptors (Lipinski definition) is 2. The van der Waals surface area contributed by atoms with Gasteiger partial charge in [0.2, 0.25) is 0 Å². The van der Waals surface area contributed by atoms with Gasteiger partial charge in [-0.05, 0) is 35.2 Å². The number of fused-ring (bicyclic) bond motifs is 1. The van der Waals surface area contributed by atoms with Crippen LogP contribution >= 0.6 is 15.9 Å². The lowest BCUT2D eigenvalue weighted by Crippen LogP contribution is -2.29. The van der Waals surface area contributed by atoms with Crippen molar-refractivity contribution in [3.05, 3.63) is 104 Å². The number of halogens is 1. The van der Waals surface area contributed by atoms with Crippen LogP contribution in [0.2, 0.25) is 0 Å². The summed E-state index contributed by atoms with van der Waals surface area (Å²) >= 11 is 3.51. The van der Waals surface area contributed by atoms with E-state index >= 15 is 0 Å². The molecule has 0 aliphatic rings. The highest BCUT2D eigenvalue weighted by atomic mass is 79.9. The van der Waals surface area contributed by atoms with Crippen molar-refractivity contribution in [2.24, 2.45) is 0 Å². The maximum absolute atomic E-state index is 13.7. The average molecular weight is 503 g/mol. The molecule has 2 aromatic heterocycles. The van der Waals surface area contributed by atoms with E-state index in [4.69, 9.17) is 0 Å². The highest BCUT2D eigenvalue weighted by Crippen LogP contribution is 2.33. The Balaban J connectivity index is 1.82. The zero-order valence-corrected chi connectivity index (χ0v) is 20.1. The van der Waals surface area contributed by atoms with Gasteiger partial charge in [0.05, 0.1) is 11.4 Å². The van der Waals surface area contributed by atoms with E-state index in [9.17, 15) is 9.59 Å². The number of aromatic amines is 2. The summed E-state index contributed by atoms with van der Waals surface area (Å²) < 4.78 is 3.45. The van der Waals surface area contributed by atoms with Crippen LogP contribution in [-0.2, 0) is 5.41 Å². The van der Waals surface area contributed by atoms with Gasteiger partial charge in [0.15, 0.2) is 0 Å². The van der Waals surface area contributed by atoms with Crippen LogP contribution in [0.4, 0.5) is 0 Å². The Kier molecular flexibility index (Phi) is 5.01. The molecule has 0 amide bonds. The van der Waals surface area contributed by atoms with Crippen molar-refractivity contribution >= 4 is 26.8 Å². The van der Waals surface area contributed by atoms with Crippen LogP contribution < -0.4 is 11.4 Å². The van der Waals surface area contributed by atoms with Gasteiger partial charge in [0, 0.05) is 20.9 Å². The van der Waals surface area contributed by atoms with Crippen LogP contribution in [0.5, 0.6) is 0 Å². The minimum Gasteiger partial charge on any atom is -0.353 e. The van der Waals surface area contributed by atoms with Crippen molar-refractivity contribution in [3.63, 3.8) is 0 Å². The third kappa shape index (κ3) is 3.58. The van der Waals surface area contributed by atoms with Crippen molar-refractivity contribution in [2.45, 2.75) is 26.2 Å². The number of benzene rings is 3. The first-order chi connectivity index (χ1) is 15.8. The van der Waals surface area contributed by atoms with E-state index in [1.165, 1.54) is 9.25 Å². The molecule has 0 aliphatic carbocycles. The lowest BCUT2D eigenvalue weighted by Gasteiger charge is -2.22. The molecule has 6 nitrogen and oxygen atoms in total. The first-order valence-electron chi connectivity index (χ1n) is 10.7. The molecule has 166 valence electrons. The molecule has 5 aromatic rings. The summed E-state index contributed by atoms with van der Waals surface area (Å²) in [4.78, 5) is 30.3. The number of aromatic nitrogens is 4. The van der Waals surface area contributed by atoms with E-state index < -0.39 is 11.4 Å². The van der Waals surface area contributed by atoms with E-state index in [1.54, 1.807) is 6.07 Å². The maximum atomic E-state index is 13.7. The Morgan fingerprint density at radius 2 is 1.58 bits per heavy atom. The lowest BCUT2D eigenvalue weighted by molar-refractivity contribution is 0.584. The predicted molar refractivity (Wildman–Crippen MR) is 136 cm³/mol. The smallest absolute Gasteiger partial charge is 0.353 e. The maximum Gasteiger partial charge on any atom is 0.356 e. The van der Waals surface area contributed by atoms with Crippen LogP contribution in [0.25, 0.3) is 33.5 Å². The second-order valence-corrected chi connectivity index (χ2v) is 9.96. The number of para-hydroxylation sites is 1. The third-order valence-corrected chi connectivity index (χ3v) is 6.26. The monoisotopic (exact) mass is 502 g/mol. The molecule has 7 heteroatoms. The molecule has 0 saturated heterocycles. The number of nitrogens with one attached hydrogen (secondary N) is 2. The van der Waals surface area contributed by atoms with E-state index in [1.807, 2.05) is 66.7 Å². The van der Waals surface area contributed by atoms with Crippen LogP contribution in [0.1, 0.15) is 26.3 Å². The fourth-order valence-electron chi connectivity index (χ4n) is 4.22. The Morgan fingerprint density at radius 3 is 2.30 bits per heavy atom. The molecule has 0 spiro atoms. The Morgan fingerprint density at radius 1 is 0.879 bits per heavy atom. The molecule has 0 unspecified atom stereocenters. The van der Waals surface area contributed by atoms with Gasteiger partial charge in [0.25, 0.3) is 0 Å². The molecule has 0 atom stereocenters. The molecule has 0 fully saturated rings. The molecule has 2 heterocycles. The molecular formula is C26H23BrN4O2. The summed E-state index contributed by atoms with van der Waals surface area (Å²) in [5, 5.41) is 3.64. The molecule has 0 aliphatic heterocycles. The average Bonchev–Trinajstić information content (AvgIpc) is 3.31. The third-order valence-electron chi connectivity index (χ3n) is 5.77. The van der Waals surface area contributed by atoms with Crippen LogP contribution in [0, 0.1) is 0 Å². The van der Waals surface area contributed by atoms with Gasteiger partial charge in [-0.1, -0.05) is 85.2 Å². The van der Waals surface area contributed by atoms with E-state index in [-0.39, 0.29) is 5.41 Å². The van der Waals surface area contributed by atoms with Crippen molar-refractivity contribution < 1.29 is 0 Å². The minimum absolute atomic E-state index is 0.275. The molecule has 2 N–H and O–H groups in total. The first-order valence-corrected chi connectivity index (χ1v) is 11.5. The standard InChI is InChI=1S/C26H23BrN4O2/c1-26(2,3)19-15-17(27)13-14-21(19)30-24(32)29-31(25(30)33)23-18-11-7-8-12-20(18)28-22(23)16-9-5-4-6-10-16/h4-15,28H,1-3H3,(H,29,32). The van der Waals surface area contributed by atoms with E-state index in [0.717, 1.165) is 32.2 Å². The lowest BCUT2D eigenvalue weighted by atomic mass is 9.86. The summed E-state index contributed by atoms with van der Waals surface area (Å²) in [5.74, 6) is 0. The van der Waals surface area contributed by atoms with Crippen molar-refractivity contribution in [1.82, 2.24) is 19.3 Å². The summed E-state index contributed by atoms with van der Waals surface area (Å²) in [5.41, 5.74) is 3.43. The Labute approximate surface area is 198 Å². The van der Waals surface area contributed by atoms with Crippen molar-refractivity contribution in [3.8, 4) is 22.6 Å². The number of H-pyrrole nitrogens is 2. The topological polar surface area (TPSA) is 75.6 Å². The van der Waals surface area contributed by atoms with Crippen LogP contribution in [0.3, 0.4) is 0 Å². The fraction of sp³-hybridized carbons (Fsp3) is 0.154. The van der Waals surface area contributed by atoms with Crippen molar-refractivity contribution in [1.29, 1.82) is 0 Å². The quantitative estimate of drug-likeness (QED) is 0.340. The summed E-state index contributed by atoms with van der Waals surface area (Å²) in [6, 6.07) is 23.1. The molecule has 0 saturated carbocycles. The van der Waals surface area contributed by atoms with E-state index in [2.05, 4.69) is 46.8 Å². The highest BCUT2D eigenvalue weighted by Gasteiger charge is 2.25. The second kappa shape index (κ2) is 7.78. The number of rotatable bonds is 3. The molecular weight excluding hydrogens is 480 g/mol. The van der Waals surface area contributed by atoms with Gasteiger partial charge < -0.3 is 4.98 Å². The molecule has 0 bridgehead atoms. The minimum atomic E-state index is -0.489. The van der Waals surface area contributed by atoms with Gasteiger partial charge in [0.1, 0.15) is 5.69 Å². The van der Waals surface area contributed by atoms with E-state index in [0.29, 0.717) is 11.4 Å². The SMILES string of the molecule is CC(C)(C)c1cc(Br)ccc1-n1c(=O)[nH]n(-c2c(-c3ccccc3)[nH]c3ccccc23)c1=O. The number of nitrogens with zero attached hydrogens (tertiary/aromatic N) is 2. The van der Waals surface area contributed by atoms with Gasteiger partial charge >= 0.3 is 11.4 Å². The fourth-order valence-corrected chi connectivity index (χ4v) is 4.58. The zero-order valence-electron chi connectivity index (χ0n) is 18.5. The van der Waals surface area contributed by atoms with Crippen molar-refractivity contribution in [2.75, 3.05) is 0 Å². The summed E-state index contributed by atoms with van der Waals surface area (Å²) in [6.45, 7) is 6.17. The Bertz CT molecular complexity index is 1600. The second-order valence-electron chi connectivity index (χ2n) is 9.04. The molecule has 3 aromatic carbocycles. The van der Waals surface area contributed by atoms with Crippen LogP contribution in [0.15, 0.2) is 86.9 Å². The summed E-state index contributed by atoms with van der Waals surface area (Å²) in [6.07, 6.45) is 0. The molecule has 33 heavy (non-hydrogen) atoms. The van der Waals surface area contributed by atoms with Gasteiger partial charge in [-0.2, -0.15) is 4.68 Å². The first kappa shape index (κ1) is 21.3. The van der Waals surface area contributed by atoms with Gasteiger partial charge in [-0.25, -0.2) is 19.3 Å². The molecule has 5 rings (SSSR count).